The third kappa shape index (κ3) is 7.24. The average molecular weight is 844 g/mol. The lowest BCUT2D eigenvalue weighted by molar-refractivity contribution is -0.0138. The van der Waals surface area contributed by atoms with Crippen LogP contribution >= 0.6 is 46.4 Å². The summed E-state index contributed by atoms with van der Waals surface area (Å²) in [7, 11) is 0. The fourth-order valence-corrected chi connectivity index (χ4v) is 9.90. The van der Waals surface area contributed by atoms with Crippen molar-refractivity contribution in [1.29, 1.82) is 0 Å². The number of aromatic amines is 2. The number of aromatic nitrogens is 6. The van der Waals surface area contributed by atoms with Crippen LogP contribution in [0.15, 0.2) is 47.6 Å². The van der Waals surface area contributed by atoms with E-state index in [9.17, 15) is 8.78 Å². The maximum atomic E-state index is 13.7. The molecule has 294 valence electrons. The highest BCUT2D eigenvalue weighted by Crippen LogP contribution is 2.53. The SMILES string of the molecule is Clc1cccc(-c2[nH]nc3nc(N4CCC5(CCCC5)NC4)cnc23)c1Cl.FC1(F)CCC2(CCN(C3C=Nc4c(n[nH]c4-c4cccc(Cl)c4Cl)N3)CC2)C1. The Bertz CT molecular complexity index is 2270. The van der Waals surface area contributed by atoms with Gasteiger partial charge in [-0.05, 0) is 56.1 Å². The van der Waals surface area contributed by atoms with Crippen LogP contribution in [-0.2, 0) is 0 Å². The molecule has 2 saturated heterocycles. The molecule has 6 heterocycles. The largest absolute Gasteiger partial charge is 0.346 e. The van der Waals surface area contributed by atoms with Gasteiger partial charge in [0.2, 0.25) is 11.6 Å². The van der Waals surface area contributed by atoms with Crippen molar-refractivity contribution in [3.05, 3.63) is 62.7 Å². The van der Waals surface area contributed by atoms with Gasteiger partial charge in [-0.1, -0.05) is 83.5 Å². The quantitative estimate of drug-likeness (QED) is 0.141. The third-order valence-corrected chi connectivity index (χ3v) is 14.0. The van der Waals surface area contributed by atoms with E-state index in [1.54, 1.807) is 12.1 Å². The zero-order valence-corrected chi connectivity index (χ0v) is 33.5. The Hall–Kier alpha value is -3.59. The first-order chi connectivity index (χ1) is 27.0. The lowest BCUT2D eigenvalue weighted by atomic mass is 9.77. The van der Waals surface area contributed by atoms with Crippen molar-refractivity contribution in [3.63, 3.8) is 0 Å². The normalized spacial score (nSPS) is 22.3. The molecule has 3 aliphatic heterocycles. The third-order valence-electron chi connectivity index (χ3n) is 12.4. The van der Waals surface area contributed by atoms with Crippen LogP contribution in [0, 0.1) is 5.41 Å². The Labute approximate surface area is 342 Å². The van der Waals surface area contributed by atoms with Crippen LogP contribution in [0.3, 0.4) is 0 Å². The summed E-state index contributed by atoms with van der Waals surface area (Å²) >= 11 is 25.0. The monoisotopic (exact) mass is 841 g/mol. The highest BCUT2D eigenvalue weighted by atomic mass is 35.5. The number of halogens is 6. The summed E-state index contributed by atoms with van der Waals surface area (Å²) in [6, 6.07) is 10.9. The molecule has 5 aliphatic rings. The number of alkyl halides is 2. The van der Waals surface area contributed by atoms with Crippen molar-refractivity contribution < 1.29 is 8.78 Å². The van der Waals surface area contributed by atoms with E-state index < -0.39 is 5.92 Å². The first-order valence-corrected chi connectivity index (χ1v) is 20.6. The second-order valence-corrected chi connectivity index (χ2v) is 17.3. The molecule has 17 heteroatoms. The number of fused-ring (bicyclic) bond motifs is 2. The molecule has 0 bridgehead atoms. The van der Waals surface area contributed by atoms with Crippen LogP contribution in [0.2, 0.25) is 20.1 Å². The van der Waals surface area contributed by atoms with Crippen LogP contribution in [0.25, 0.3) is 33.7 Å². The van der Waals surface area contributed by atoms with E-state index in [-0.39, 0.29) is 24.4 Å². The second kappa shape index (κ2) is 15.0. The Morgan fingerprint density at radius 1 is 0.768 bits per heavy atom. The highest BCUT2D eigenvalue weighted by Gasteiger charge is 2.50. The predicted octanol–water partition coefficient (Wildman–Crippen LogP) is 10.1. The van der Waals surface area contributed by atoms with Crippen molar-refractivity contribution in [2.75, 3.05) is 36.5 Å². The first-order valence-electron chi connectivity index (χ1n) is 19.1. The molecular formula is C39H41Cl4F2N11. The number of nitrogens with one attached hydrogen (secondary N) is 4. The van der Waals surface area contributed by atoms with Gasteiger partial charge in [-0.15, -0.1) is 0 Å². The minimum absolute atomic E-state index is 0.0294. The minimum atomic E-state index is -2.49. The molecule has 2 spiro atoms. The summed E-state index contributed by atoms with van der Waals surface area (Å²) < 4.78 is 27.4. The molecule has 11 nitrogen and oxygen atoms in total. The van der Waals surface area contributed by atoms with Gasteiger partial charge in [0.15, 0.2) is 11.6 Å². The van der Waals surface area contributed by atoms with Gasteiger partial charge < -0.3 is 10.2 Å². The van der Waals surface area contributed by atoms with E-state index in [2.05, 4.69) is 50.8 Å². The molecule has 4 N–H and O–H groups in total. The second-order valence-electron chi connectivity index (χ2n) is 15.8. The maximum Gasteiger partial charge on any atom is 0.248 e. The number of rotatable bonds is 4. The molecule has 2 saturated carbocycles. The zero-order chi connectivity index (χ0) is 38.7. The lowest BCUT2D eigenvalue weighted by Gasteiger charge is -2.42. The van der Waals surface area contributed by atoms with Crippen LogP contribution in [0.5, 0.6) is 0 Å². The molecular weight excluding hydrogens is 802 g/mol. The topological polar surface area (TPSA) is 126 Å². The number of hydrogen-bond acceptors (Lipinski definition) is 9. The fraction of sp³-hybridized carbons (Fsp3) is 0.462. The van der Waals surface area contributed by atoms with E-state index in [4.69, 9.17) is 51.4 Å². The molecule has 56 heavy (non-hydrogen) atoms. The van der Waals surface area contributed by atoms with Gasteiger partial charge in [0.1, 0.15) is 17.4 Å². The highest BCUT2D eigenvalue weighted by molar-refractivity contribution is 6.44. The lowest BCUT2D eigenvalue weighted by Crippen LogP contribution is -2.55. The predicted molar refractivity (Wildman–Crippen MR) is 220 cm³/mol. The Kier molecular flexibility index (Phi) is 10.1. The van der Waals surface area contributed by atoms with Crippen molar-refractivity contribution in [3.8, 4) is 22.5 Å². The van der Waals surface area contributed by atoms with Crippen molar-refractivity contribution in [2.45, 2.75) is 81.8 Å². The van der Waals surface area contributed by atoms with Gasteiger partial charge in [0, 0.05) is 55.4 Å². The number of anilines is 2. The van der Waals surface area contributed by atoms with Gasteiger partial charge in [-0.25, -0.2) is 18.7 Å². The molecule has 2 aromatic carbocycles. The van der Waals surface area contributed by atoms with Gasteiger partial charge >= 0.3 is 0 Å². The number of likely N-dealkylation sites (tertiary alicyclic amines) is 1. The molecule has 5 aromatic rings. The Balaban J connectivity index is 0.000000147. The standard InChI is InChI=1S/C20H21Cl2F2N5.C19H20Cl2N6/c21-13-3-1-2-12(15(13)22)16-17-18(28-27-16)26-14(10-25-17)29-8-6-19(7-9-29)4-5-20(23,24)11-19;20-13-5-3-4-12(15(13)21)16-17-18(26-25-16)24-14(10-22-17)27-9-8-19(23-11-27)6-1-2-7-19/h1-3,10,14H,4-9,11H2,(H2,26,27,28);3-5,10,23H,1-2,6-9,11H2,(H,24,25,26). The fourth-order valence-electron chi connectivity index (χ4n) is 9.11. The Morgan fingerprint density at radius 3 is 2.12 bits per heavy atom. The summed E-state index contributed by atoms with van der Waals surface area (Å²) in [5.74, 6) is -0.997. The number of benzene rings is 2. The number of hydrogen-bond donors (Lipinski definition) is 4. The van der Waals surface area contributed by atoms with Gasteiger partial charge in [-0.2, -0.15) is 10.2 Å². The summed E-state index contributed by atoms with van der Waals surface area (Å²) in [4.78, 5) is 18.4. The smallest absolute Gasteiger partial charge is 0.248 e. The van der Waals surface area contributed by atoms with Crippen molar-refractivity contribution >= 4 is 81.1 Å². The number of aliphatic imine (C=N–C) groups is 1. The zero-order valence-electron chi connectivity index (χ0n) is 30.5. The average Bonchev–Trinajstić information content (AvgIpc) is 4.00. The molecule has 1 atom stereocenters. The van der Waals surface area contributed by atoms with E-state index in [1.165, 1.54) is 25.7 Å². The summed E-state index contributed by atoms with van der Waals surface area (Å²) in [6.07, 6.45) is 12.2. The van der Waals surface area contributed by atoms with Crippen LogP contribution in [-0.4, -0.2) is 85.4 Å². The minimum Gasteiger partial charge on any atom is -0.346 e. The Morgan fingerprint density at radius 2 is 1.46 bits per heavy atom. The van der Waals surface area contributed by atoms with Crippen molar-refractivity contribution in [2.24, 2.45) is 10.4 Å². The van der Waals surface area contributed by atoms with Gasteiger partial charge in [0.05, 0.1) is 44.3 Å². The van der Waals surface area contributed by atoms with E-state index in [0.29, 0.717) is 60.4 Å². The number of H-pyrrole nitrogens is 2. The van der Waals surface area contributed by atoms with Crippen LogP contribution < -0.4 is 15.5 Å². The summed E-state index contributed by atoms with van der Waals surface area (Å²) in [5.41, 5.74) is 5.08. The first kappa shape index (κ1) is 38.0. The molecule has 1 unspecified atom stereocenters. The summed E-state index contributed by atoms with van der Waals surface area (Å²) in [5, 5.41) is 23.8. The van der Waals surface area contributed by atoms with Crippen LogP contribution in [0.4, 0.5) is 26.1 Å². The number of piperidine rings is 1. The van der Waals surface area contributed by atoms with E-state index in [0.717, 1.165) is 68.2 Å². The van der Waals surface area contributed by atoms with Crippen molar-refractivity contribution in [1.82, 2.24) is 40.6 Å². The van der Waals surface area contributed by atoms with Gasteiger partial charge in [-0.3, -0.25) is 25.4 Å². The molecule has 0 amide bonds. The molecule has 3 aromatic heterocycles. The van der Waals surface area contributed by atoms with Crippen LogP contribution in [0.1, 0.15) is 64.2 Å². The maximum absolute atomic E-state index is 13.7. The molecule has 2 aliphatic carbocycles. The molecule has 4 fully saturated rings. The molecule has 10 rings (SSSR count). The summed E-state index contributed by atoms with van der Waals surface area (Å²) in [6.45, 7) is 3.33. The molecule has 0 radical (unpaired) electrons. The number of nitrogens with zero attached hydrogens (tertiary/aromatic N) is 7. The van der Waals surface area contributed by atoms with E-state index in [1.807, 2.05) is 36.7 Å². The van der Waals surface area contributed by atoms with Gasteiger partial charge in [0.25, 0.3) is 0 Å². The van der Waals surface area contributed by atoms with E-state index >= 15 is 0 Å².